The number of benzene rings is 1. The van der Waals surface area contributed by atoms with Gasteiger partial charge in [-0.25, -0.2) is 0 Å². The Kier molecular flexibility index (Phi) is 6.16. The Morgan fingerprint density at radius 2 is 1.96 bits per heavy atom. The minimum absolute atomic E-state index is 0.0147. The highest BCUT2D eigenvalue weighted by Gasteiger charge is 2.30. The van der Waals surface area contributed by atoms with Crippen LogP contribution in [0, 0.1) is 0 Å². The molecular weight excluding hydrogens is 290 g/mol. The highest BCUT2D eigenvalue weighted by molar-refractivity contribution is 5.97. The van der Waals surface area contributed by atoms with Crippen molar-refractivity contribution in [2.75, 3.05) is 27.2 Å². The summed E-state index contributed by atoms with van der Waals surface area (Å²) < 4.78 is 0. The second-order valence-corrected chi connectivity index (χ2v) is 6.50. The molecule has 126 valence electrons. The minimum Gasteiger partial charge on any atom is -0.341 e. The Morgan fingerprint density at radius 1 is 1.26 bits per heavy atom. The average molecular weight is 317 g/mol. The van der Waals surface area contributed by atoms with E-state index in [1.165, 1.54) is 0 Å². The molecule has 5 nitrogen and oxygen atoms in total. The Morgan fingerprint density at radius 3 is 2.61 bits per heavy atom. The zero-order chi connectivity index (χ0) is 16.8. The first-order chi connectivity index (χ1) is 11.0. The number of amides is 2. The van der Waals surface area contributed by atoms with Crippen LogP contribution < -0.4 is 5.32 Å². The SMILES string of the molecule is CC(NC(=O)c1ccccc1)C(=O)N1CCCCC1CN(C)C. The quantitative estimate of drug-likeness (QED) is 0.900. The number of likely N-dealkylation sites (N-methyl/N-ethyl adjacent to an activating group) is 1. The Balaban J connectivity index is 1.98. The van der Waals surface area contributed by atoms with Gasteiger partial charge in [0.1, 0.15) is 6.04 Å². The molecule has 1 aromatic rings. The van der Waals surface area contributed by atoms with Crippen LogP contribution in [0.1, 0.15) is 36.5 Å². The van der Waals surface area contributed by atoms with E-state index in [2.05, 4.69) is 10.2 Å². The first-order valence-electron chi connectivity index (χ1n) is 8.30. The molecule has 1 aliphatic heterocycles. The predicted molar refractivity (Wildman–Crippen MR) is 91.3 cm³/mol. The zero-order valence-corrected chi connectivity index (χ0v) is 14.3. The number of hydrogen-bond donors (Lipinski definition) is 1. The summed E-state index contributed by atoms with van der Waals surface area (Å²) in [4.78, 5) is 29.0. The number of rotatable bonds is 5. The van der Waals surface area contributed by atoms with Gasteiger partial charge in [0.2, 0.25) is 5.91 Å². The van der Waals surface area contributed by atoms with Gasteiger partial charge in [-0.2, -0.15) is 0 Å². The lowest BCUT2D eigenvalue weighted by molar-refractivity contribution is -0.136. The lowest BCUT2D eigenvalue weighted by Gasteiger charge is -2.38. The summed E-state index contributed by atoms with van der Waals surface area (Å²) in [6, 6.07) is 8.74. The van der Waals surface area contributed by atoms with Crippen molar-refractivity contribution in [3.05, 3.63) is 35.9 Å². The lowest BCUT2D eigenvalue weighted by Crippen LogP contribution is -2.54. The normalized spacial score (nSPS) is 19.5. The Bertz CT molecular complexity index is 530. The molecule has 1 aromatic carbocycles. The Hall–Kier alpha value is -1.88. The zero-order valence-electron chi connectivity index (χ0n) is 14.3. The maximum Gasteiger partial charge on any atom is 0.251 e. The summed E-state index contributed by atoms with van der Waals surface area (Å²) in [7, 11) is 4.05. The third kappa shape index (κ3) is 4.79. The summed E-state index contributed by atoms with van der Waals surface area (Å²) in [5.74, 6) is -0.187. The van der Waals surface area contributed by atoms with Crippen LogP contribution in [0.3, 0.4) is 0 Å². The smallest absolute Gasteiger partial charge is 0.251 e. The fraction of sp³-hybridized carbons (Fsp3) is 0.556. The van der Waals surface area contributed by atoms with Crippen molar-refractivity contribution >= 4 is 11.8 Å². The van der Waals surface area contributed by atoms with Crippen LogP contribution in [0.5, 0.6) is 0 Å². The van der Waals surface area contributed by atoms with Crippen LogP contribution in [0.4, 0.5) is 0 Å². The molecule has 1 saturated heterocycles. The number of nitrogens with zero attached hydrogens (tertiary/aromatic N) is 2. The molecule has 2 unspecified atom stereocenters. The molecule has 1 fully saturated rings. The van der Waals surface area contributed by atoms with Crippen LogP contribution in [0.2, 0.25) is 0 Å². The summed E-state index contributed by atoms with van der Waals surface area (Å²) >= 11 is 0. The van der Waals surface area contributed by atoms with E-state index in [4.69, 9.17) is 0 Å². The minimum atomic E-state index is -0.509. The van der Waals surface area contributed by atoms with Crippen molar-refractivity contribution in [2.24, 2.45) is 0 Å². The molecule has 0 radical (unpaired) electrons. The molecule has 0 spiro atoms. The highest BCUT2D eigenvalue weighted by atomic mass is 16.2. The number of piperidine rings is 1. The van der Waals surface area contributed by atoms with Gasteiger partial charge >= 0.3 is 0 Å². The van der Waals surface area contributed by atoms with E-state index in [-0.39, 0.29) is 17.9 Å². The van der Waals surface area contributed by atoms with E-state index in [0.717, 1.165) is 32.4 Å². The molecule has 1 N–H and O–H groups in total. The maximum atomic E-state index is 12.7. The predicted octanol–water partition coefficient (Wildman–Crippen LogP) is 1.75. The topological polar surface area (TPSA) is 52.7 Å². The van der Waals surface area contributed by atoms with Crippen LogP contribution in [-0.4, -0.2) is 60.9 Å². The van der Waals surface area contributed by atoms with E-state index in [1.807, 2.05) is 37.2 Å². The van der Waals surface area contributed by atoms with E-state index >= 15 is 0 Å². The Labute approximate surface area is 138 Å². The molecule has 0 bridgehead atoms. The van der Waals surface area contributed by atoms with E-state index in [0.29, 0.717) is 5.56 Å². The standard InChI is InChI=1S/C18H27N3O2/c1-14(19-17(22)15-9-5-4-6-10-15)18(23)21-12-8-7-11-16(21)13-20(2)3/h4-6,9-10,14,16H,7-8,11-13H2,1-3H3,(H,19,22). The summed E-state index contributed by atoms with van der Waals surface area (Å²) in [6.07, 6.45) is 3.23. The molecule has 0 saturated carbocycles. The van der Waals surface area contributed by atoms with Crippen molar-refractivity contribution in [3.8, 4) is 0 Å². The van der Waals surface area contributed by atoms with Crippen LogP contribution >= 0.6 is 0 Å². The molecule has 1 heterocycles. The van der Waals surface area contributed by atoms with E-state index < -0.39 is 6.04 Å². The van der Waals surface area contributed by atoms with Gasteiger partial charge < -0.3 is 15.1 Å². The van der Waals surface area contributed by atoms with Crippen molar-refractivity contribution < 1.29 is 9.59 Å². The number of likely N-dealkylation sites (tertiary alicyclic amines) is 1. The number of hydrogen-bond acceptors (Lipinski definition) is 3. The molecule has 5 heteroatoms. The summed E-state index contributed by atoms with van der Waals surface area (Å²) in [6.45, 7) is 3.42. The second kappa shape index (κ2) is 8.11. The molecular formula is C18H27N3O2. The highest BCUT2D eigenvalue weighted by Crippen LogP contribution is 2.18. The third-order valence-electron chi connectivity index (χ3n) is 4.24. The van der Waals surface area contributed by atoms with Crippen LogP contribution in [0.25, 0.3) is 0 Å². The van der Waals surface area contributed by atoms with E-state index in [1.54, 1.807) is 19.1 Å². The van der Waals surface area contributed by atoms with Gasteiger partial charge in [0.05, 0.1) is 0 Å². The number of nitrogens with one attached hydrogen (secondary N) is 1. The van der Waals surface area contributed by atoms with Gasteiger partial charge in [-0.3, -0.25) is 9.59 Å². The molecule has 2 rings (SSSR count). The molecule has 23 heavy (non-hydrogen) atoms. The van der Waals surface area contributed by atoms with Gasteiger partial charge in [0, 0.05) is 24.7 Å². The fourth-order valence-electron chi connectivity index (χ4n) is 3.08. The second-order valence-electron chi connectivity index (χ2n) is 6.50. The molecule has 2 atom stereocenters. The number of carbonyl (C=O) groups excluding carboxylic acids is 2. The summed E-state index contributed by atoms with van der Waals surface area (Å²) in [5, 5.41) is 2.82. The average Bonchev–Trinajstić information content (AvgIpc) is 2.55. The first-order valence-corrected chi connectivity index (χ1v) is 8.30. The molecule has 0 aromatic heterocycles. The summed E-state index contributed by atoms with van der Waals surface area (Å²) in [5.41, 5.74) is 0.579. The van der Waals surface area contributed by atoms with Crippen LogP contribution in [0.15, 0.2) is 30.3 Å². The van der Waals surface area contributed by atoms with Gasteiger partial charge in [-0.1, -0.05) is 18.2 Å². The molecule has 2 amide bonds. The monoisotopic (exact) mass is 317 g/mol. The lowest BCUT2D eigenvalue weighted by atomic mass is 10.0. The third-order valence-corrected chi connectivity index (χ3v) is 4.24. The van der Waals surface area contributed by atoms with Gasteiger partial charge in [-0.15, -0.1) is 0 Å². The van der Waals surface area contributed by atoms with Crippen molar-refractivity contribution in [2.45, 2.75) is 38.3 Å². The molecule has 0 aliphatic carbocycles. The number of carbonyl (C=O) groups is 2. The van der Waals surface area contributed by atoms with Crippen LogP contribution in [-0.2, 0) is 4.79 Å². The fourth-order valence-corrected chi connectivity index (χ4v) is 3.08. The van der Waals surface area contributed by atoms with Crippen molar-refractivity contribution in [1.29, 1.82) is 0 Å². The van der Waals surface area contributed by atoms with Gasteiger partial charge in [-0.05, 0) is 52.4 Å². The molecule has 1 aliphatic rings. The van der Waals surface area contributed by atoms with Gasteiger partial charge in [0.15, 0.2) is 0 Å². The maximum absolute atomic E-state index is 12.7. The van der Waals surface area contributed by atoms with Crippen molar-refractivity contribution in [1.82, 2.24) is 15.1 Å². The largest absolute Gasteiger partial charge is 0.341 e. The van der Waals surface area contributed by atoms with Gasteiger partial charge in [0.25, 0.3) is 5.91 Å². The van der Waals surface area contributed by atoms with E-state index in [9.17, 15) is 9.59 Å². The van der Waals surface area contributed by atoms with Crippen molar-refractivity contribution in [3.63, 3.8) is 0 Å². The first kappa shape index (κ1) is 17.5.